The van der Waals surface area contributed by atoms with Crippen molar-refractivity contribution in [2.45, 2.75) is 17.7 Å². The van der Waals surface area contributed by atoms with Crippen LogP contribution in [0.2, 0.25) is 0 Å². The fourth-order valence-electron chi connectivity index (χ4n) is 2.01. The Labute approximate surface area is 134 Å². The molecule has 0 spiro atoms. The first-order valence-corrected chi connectivity index (χ1v) is 8.47. The van der Waals surface area contributed by atoms with Gasteiger partial charge in [0.25, 0.3) is 0 Å². The van der Waals surface area contributed by atoms with E-state index in [9.17, 15) is 17.6 Å². The molecule has 0 heterocycles. The number of carbonyl (C=O) groups is 1. The lowest BCUT2D eigenvalue weighted by Gasteiger charge is -2.07. The average molecular weight is 336 g/mol. The number of carbonyl (C=O) groups excluding carboxylic acids is 1. The lowest BCUT2D eigenvalue weighted by molar-refractivity contribution is -0.116. The Kier molecular flexibility index (Phi) is 5.46. The molecule has 0 radical (unpaired) electrons. The van der Waals surface area contributed by atoms with Gasteiger partial charge < -0.3 is 5.32 Å². The highest BCUT2D eigenvalue weighted by Gasteiger charge is 2.11. The zero-order valence-corrected chi connectivity index (χ0v) is 13.4. The second-order valence-corrected chi connectivity index (χ2v) is 6.76. The number of nitrogens with one attached hydrogen (secondary N) is 2. The molecule has 0 bridgehead atoms. The van der Waals surface area contributed by atoms with Gasteiger partial charge in [0.15, 0.2) is 0 Å². The molecule has 0 unspecified atom stereocenters. The summed E-state index contributed by atoms with van der Waals surface area (Å²) in [7, 11) is -2.17. The average Bonchev–Trinajstić information content (AvgIpc) is 2.54. The molecule has 23 heavy (non-hydrogen) atoms. The van der Waals surface area contributed by atoms with E-state index in [1.807, 2.05) is 0 Å². The molecule has 2 aromatic carbocycles. The number of sulfonamides is 1. The van der Waals surface area contributed by atoms with Gasteiger partial charge >= 0.3 is 0 Å². The lowest BCUT2D eigenvalue weighted by atomic mass is 10.1. The van der Waals surface area contributed by atoms with Crippen LogP contribution in [0.25, 0.3) is 0 Å². The van der Waals surface area contributed by atoms with E-state index < -0.39 is 10.0 Å². The molecule has 0 fully saturated rings. The van der Waals surface area contributed by atoms with E-state index in [4.69, 9.17) is 0 Å². The minimum Gasteiger partial charge on any atom is -0.326 e. The second kappa shape index (κ2) is 7.34. The molecule has 2 N–H and O–H groups in total. The Morgan fingerprint density at radius 2 is 1.74 bits per heavy atom. The first kappa shape index (κ1) is 17.1. The number of hydrogen-bond acceptors (Lipinski definition) is 3. The number of amides is 1. The summed E-state index contributed by atoms with van der Waals surface area (Å²) >= 11 is 0. The monoisotopic (exact) mass is 336 g/mol. The van der Waals surface area contributed by atoms with E-state index in [-0.39, 0.29) is 23.0 Å². The van der Waals surface area contributed by atoms with Gasteiger partial charge in [0.1, 0.15) is 5.82 Å². The molecule has 5 nitrogen and oxygen atoms in total. The van der Waals surface area contributed by atoms with Gasteiger partial charge in [-0.25, -0.2) is 17.5 Å². The predicted molar refractivity (Wildman–Crippen MR) is 86.0 cm³/mol. The van der Waals surface area contributed by atoms with Crippen molar-refractivity contribution in [1.29, 1.82) is 0 Å². The molecule has 2 rings (SSSR count). The maximum Gasteiger partial charge on any atom is 0.240 e. The Hall–Kier alpha value is -2.25. The number of anilines is 1. The van der Waals surface area contributed by atoms with E-state index in [1.165, 1.54) is 37.4 Å². The summed E-state index contributed by atoms with van der Waals surface area (Å²) in [6.45, 7) is 0. The minimum atomic E-state index is -3.50. The van der Waals surface area contributed by atoms with Crippen molar-refractivity contribution >= 4 is 21.6 Å². The molecule has 0 aliphatic heterocycles. The highest BCUT2D eigenvalue weighted by Crippen LogP contribution is 2.15. The van der Waals surface area contributed by atoms with E-state index in [2.05, 4.69) is 10.0 Å². The van der Waals surface area contributed by atoms with Crippen LogP contribution in [-0.2, 0) is 21.2 Å². The maximum atomic E-state index is 13.5. The fourth-order valence-corrected chi connectivity index (χ4v) is 2.74. The van der Waals surface area contributed by atoms with Crippen LogP contribution < -0.4 is 10.0 Å². The van der Waals surface area contributed by atoms with Crippen molar-refractivity contribution in [2.24, 2.45) is 0 Å². The first-order chi connectivity index (χ1) is 10.9. The highest BCUT2D eigenvalue weighted by molar-refractivity contribution is 7.89. The van der Waals surface area contributed by atoms with Crippen molar-refractivity contribution in [3.8, 4) is 0 Å². The van der Waals surface area contributed by atoms with Crippen molar-refractivity contribution in [1.82, 2.24) is 4.72 Å². The number of rotatable bonds is 6. The summed E-state index contributed by atoms with van der Waals surface area (Å²) in [5, 5.41) is 2.65. The van der Waals surface area contributed by atoms with Crippen LogP contribution in [0.1, 0.15) is 12.0 Å². The molecule has 0 aliphatic rings. The molecule has 0 saturated heterocycles. The van der Waals surface area contributed by atoms with Crippen molar-refractivity contribution in [3.63, 3.8) is 0 Å². The number of aryl methyl sites for hydroxylation is 1. The van der Waals surface area contributed by atoms with Crippen molar-refractivity contribution < 1.29 is 17.6 Å². The quantitative estimate of drug-likeness (QED) is 0.850. The van der Waals surface area contributed by atoms with Crippen LogP contribution in [0.15, 0.2) is 53.4 Å². The molecular weight excluding hydrogens is 319 g/mol. The summed E-state index contributed by atoms with van der Waals surface area (Å²) in [5.74, 6) is -0.598. The third-order valence-corrected chi connectivity index (χ3v) is 4.73. The lowest BCUT2D eigenvalue weighted by Crippen LogP contribution is -2.18. The molecule has 0 aliphatic carbocycles. The largest absolute Gasteiger partial charge is 0.326 e. The van der Waals surface area contributed by atoms with Gasteiger partial charge in [-0.2, -0.15) is 0 Å². The van der Waals surface area contributed by atoms with Crippen LogP contribution in [0.5, 0.6) is 0 Å². The SMILES string of the molecule is CNS(=O)(=O)c1ccc(NC(=O)CCc2ccccc2F)cc1. The van der Waals surface area contributed by atoms with Crippen LogP contribution in [0.4, 0.5) is 10.1 Å². The fraction of sp³-hybridized carbons (Fsp3) is 0.188. The zero-order valence-electron chi connectivity index (χ0n) is 12.5. The Morgan fingerprint density at radius 3 is 2.35 bits per heavy atom. The third kappa shape index (κ3) is 4.61. The molecular formula is C16H17FN2O3S. The van der Waals surface area contributed by atoms with Gasteiger partial charge in [-0.1, -0.05) is 18.2 Å². The molecule has 0 atom stereocenters. The van der Waals surface area contributed by atoms with Gasteiger partial charge in [0, 0.05) is 12.1 Å². The zero-order chi connectivity index (χ0) is 16.9. The molecule has 0 saturated carbocycles. The van der Waals surface area contributed by atoms with Gasteiger partial charge in [0.2, 0.25) is 15.9 Å². The molecule has 1 amide bonds. The topological polar surface area (TPSA) is 75.3 Å². The van der Waals surface area contributed by atoms with Gasteiger partial charge in [0.05, 0.1) is 4.90 Å². The number of hydrogen-bond donors (Lipinski definition) is 2. The van der Waals surface area contributed by atoms with Crippen LogP contribution in [-0.4, -0.2) is 21.4 Å². The Balaban J connectivity index is 1.94. The van der Waals surface area contributed by atoms with Gasteiger partial charge in [-0.3, -0.25) is 4.79 Å². The summed E-state index contributed by atoms with van der Waals surface area (Å²) in [6.07, 6.45) is 0.433. The summed E-state index contributed by atoms with van der Waals surface area (Å²) in [6, 6.07) is 12.1. The normalized spacial score (nSPS) is 11.2. The molecule has 122 valence electrons. The summed E-state index contributed by atoms with van der Waals surface area (Å²) < 4.78 is 38.9. The Bertz CT molecular complexity index is 789. The molecule has 7 heteroatoms. The standard InChI is InChI=1S/C16H17FN2O3S/c1-18-23(21,22)14-9-7-13(8-10-14)19-16(20)11-6-12-4-2-3-5-15(12)17/h2-5,7-10,18H,6,11H2,1H3,(H,19,20). The van der Waals surface area contributed by atoms with E-state index in [0.29, 0.717) is 17.7 Å². The Morgan fingerprint density at radius 1 is 1.09 bits per heavy atom. The van der Waals surface area contributed by atoms with Gasteiger partial charge in [-0.15, -0.1) is 0 Å². The number of halogens is 1. The number of benzene rings is 2. The van der Waals surface area contributed by atoms with Crippen LogP contribution in [0, 0.1) is 5.82 Å². The van der Waals surface area contributed by atoms with Crippen LogP contribution in [0.3, 0.4) is 0 Å². The van der Waals surface area contributed by atoms with Crippen molar-refractivity contribution in [2.75, 3.05) is 12.4 Å². The molecule has 2 aromatic rings. The second-order valence-electron chi connectivity index (χ2n) is 4.87. The van der Waals surface area contributed by atoms with E-state index in [1.54, 1.807) is 18.2 Å². The van der Waals surface area contributed by atoms with E-state index >= 15 is 0 Å². The third-order valence-electron chi connectivity index (χ3n) is 3.30. The predicted octanol–water partition coefficient (Wildman–Crippen LogP) is 2.31. The summed E-state index contributed by atoms with van der Waals surface area (Å²) in [5.41, 5.74) is 0.969. The highest BCUT2D eigenvalue weighted by atomic mass is 32.2. The smallest absolute Gasteiger partial charge is 0.240 e. The van der Waals surface area contributed by atoms with Crippen molar-refractivity contribution in [3.05, 3.63) is 59.9 Å². The first-order valence-electron chi connectivity index (χ1n) is 6.99. The van der Waals surface area contributed by atoms with E-state index in [0.717, 1.165) is 0 Å². The van der Waals surface area contributed by atoms with Gasteiger partial charge in [-0.05, 0) is 49.4 Å². The van der Waals surface area contributed by atoms with Crippen LogP contribution >= 0.6 is 0 Å². The maximum absolute atomic E-state index is 13.5. The minimum absolute atomic E-state index is 0.115. The molecule has 0 aromatic heterocycles. The summed E-state index contributed by atoms with van der Waals surface area (Å²) in [4.78, 5) is 12.0.